The van der Waals surface area contributed by atoms with Gasteiger partial charge in [0.25, 0.3) is 5.56 Å². The van der Waals surface area contributed by atoms with E-state index < -0.39 is 0 Å². The molecule has 1 N–H and O–H groups in total. The number of nitrogens with one attached hydrogen (secondary N) is 1. The van der Waals surface area contributed by atoms with Crippen molar-refractivity contribution in [2.75, 3.05) is 20.1 Å². The zero-order valence-corrected chi connectivity index (χ0v) is 15.7. The Morgan fingerprint density at radius 2 is 2.00 bits per heavy atom. The number of amides is 1. The van der Waals surface area contributed by atoms with Crippen molar-refractivity contribution in [1.82, 2.24) is 19.8 Å². The highest BCUT2D eigenvalue weighted by molar-refractivity contribution is 5.81. The highest BCUT2D eigenvalue weighted by Crippen LogP contribution is 2.14. The van der Waals surface area contributed by atoms with E-state index in [2.05, 4.69) is 9.97 Å². The molecule has 1 fully saturated rings. The van der Waals surface area contributed by atoms with Crippen LogP contribution in [0.4, 0.5) is 0 Å². The number of para-hydroxylation sites is 1. The number of ether oxygens (including phenoxy) is 1. The predicted molar refractivity (Wildman–Crippen MR) is 99.9 cm³/mol. The van der Waals surface area contributed by atoms with Crippen LogP contribution in [-0.4, -0.2) is 64.1 Å². The highest BCUT2D eigenvalue weighted by atomic mass is 16.5. The molecule has 1 amide bonds. The third-order valence-corrected chi connectivity index (χ3v) is 4.81. The maximum atomic E-state index is 12.8. The van der Waals surface area contributed by atoms with Gasteiger partial charge in [0, 0.05) is 13.1 Å². The Labute approximate surface area is 153 Å². The number of likely N-dealkylation sites (N-methyl/N-ethyl adjacent to an activating group) is 1. The average molecular weight is 358 g/mol. The van der Waals surface area contributed by atoms with Gasteiger partial charge in [-0.2, -0.15) is 0 Å². The molecular formula is C19H26N4O3. The zero-order chi connectivity index (χ0) is 18.8. The SMILES string of the molecule is C[C@@H]1CN(C(=O)[C@@H](C)N(C)Cc2nc3ccccc3c(=O)[nH]2)C[C@@H](C)O1. The summed E-state index contributed by atoms with van der Waals surface area (Å²) in [6, 6.07) is 6.93. The number of morpholine rings is 1. The smallest absolute Gasteiger partial charge is 0.258 e. The molecule has 0 saturated carbocycles. The van der Waals surface area contributed by atoms with Gasteiger partial charge in [0.1, 0.15) is 5.82 Å². The molecule has 1 aliphatic rings. The molecule has 3 atom stereocenters. The first-order valence-electron chi connectivity index (χ1n) is 8.97. The maximum absolute atomic E-state index is 12.8. The van der Waals surface area contributed by atoms with Crippen LogP contribution in [0.2, 0.25) is 0 Å². The summed E-state index contributed by atoms with van der Waals surface area (Å²) in [5.41, 5.74) is 0.503. The molecule has 140 valence electrons. The number of H-pyrrole nitrogens is 1. The number of rotatable bonds is 4. The van der Waals surface area contributed by atoms with Crippen LogP contribution in [0.1, 0.15) is 26.6 Å². The van der Waals surface area contributed by atoms with E-state index in [1.807, 2.05) is 55.8 Å². The minimum absolute atomic E-state index is 0.0405. The Bertz CT molecular complexity index is 840. The van der Waals surface area contributed by atoms with Crippen molar-refractivity contribution in [3.05, 3.63) is 40.4 Å². The van der Waals surface area contributed by atoms with E-state index in [9.17, 15) is 9.59 Å². The van der Waals surface area contributed by atoms with E-state index in [0.717, 1.165) is 0 Å². The van der Waals surface area contributed by atoms with Crippen molar-refractivity contribution in [1.29, 1.82) is 0 Å². The molecule has 0 aliphatic carbocycles. The third-order valence-electron chi connectivity index (χ3n) is 4.81. The van der Waals surface area contributed by atoms with Crippen molar-refractivity contribution in [3.63, 3.8) is 0 Å². The van der Waals surface area contributed by atoms with Gasteiger partial charge in [0.05, 0.1) is 35.7 Å². The van der Waals surface area contributed by atoms with Gasteiger partial charge < -0.3 is 14.6 Å². The van der Waals surface area contributed by atoms with Gasteiger partial charge in [0.2, 0.25) is 5.91 Å². The second-order valence-corrected chi connectivity index (χ2v) is 7.12. The summed E-state index contributed by atoms with van der Waals surface area (Å²) in [4.78, 5) is 36.1. The largest absolute Gasteiger partial charge is 0.372 e. The van der Waals surface area contributed by atoms with Crippen LogP contribution in [0.3, 0.4) is 0 Å². The lowest BCUT2D eigenvalue weighted by Gasteiger charge is -2.38. The molecule has 0 radical (unpaired) electrons. The number of fused-ring (bicyclic) bond motifs is 1. The van der Waals surface area contributed by atoms with E-state index in [0.29, 0.717) is 36.4 Å². The van der Waals surface area contributed by atoms with E-state index in [4.69, 9.17) is 4.74 Å². The number of aromatic amines is 1. The predicted octanol–water partition coefficient (Wildman–Crippen LogP) is 1.38. The van der Waals surface area contributed by atoms with Crippen LogP contribution in [0.5, 0.6) is 0 Å². The first-order valence-corrected chi connectivity index (χ1v) is 8.97. The van der Waals surface area contributed by atoms with Crippen molar-refractivity contribution in [2.45, 2.75) is 45.6 Å². The number of carbonyl (C=O) groups excluding carboxylic acids is 1. The van der Waals surface area contributed by atoms with Crippen LogP contribution in [0, 0.1) is 0 Å². The number of hydrogen-bond donors (Lipinski definition) is 1. The summed E-state index contributed by atoms with van der Waals surface area (Å²) < 4.78 is 5.70. The standard InChI is InChI=1S/C19H26N4O3/c1-12-9-23(10-13(2)26-12)19(25)14(3)22(4)11-17-20-16-8-6-5-7-15(16)18(24)21-17/h5-8,12-14H,9-11H2,1-4H3,(H,20,21,24)/t12-,13-,14-/m1/s1. The third kappa shape index (κ3) is 3.94. The van der Waals surface area contributed by atoms with Crippen molar-refractivity contribution in [2.24, 2.45) is 0 Å². The monoisotopic (exact) mass is 358 g/mol. The normalized spacial score (nSPS) is 22.0. The molecule has 0 bridgehead atoms. The summed E-state index contributed by atoms with van der Waals surface area (Å²) in [6.07, 6.45) is 0.0810. The topological polar surface area (TPSA) is 78.5 Å². The van der Waals surface area contributed by atoms with E-state index in [1.165, 1.54) is 0 Å². The molecular weight excluding hydrogens is 332 g/mol. The van der Waals surface area contributed by atoms with Gasteiger partial charge in [-0.3, -0.25) is 14.5 Å². The summed E-state index contributed by atoms with van der Waals surface area (Å²) in [5, 5.41) is 0.569. The molecule has 0 spiro atoms. The zero-order valence-electron chi connectivity index (χ0n) is 15.7. The first-order chi connectivity index (χ1) is 12.3. The van der Waals surface area contributed by atoms with E-state index in [-0.39, 0.29) is 29.7 Å². The molecule has 1 aliphatic heterocycles. The summed E-state index contributed by atoms with van der Waals surface area (Å²) in [7, 11) is 1.87. The van der Waals surface area contributed by atoms with Gasteiger partial charge >= 0.3 is 0 Å². The molecule has 1 aromatic heterocycles. The summed E-state index contributed by atoms with van der Waals surface area (Å²) in [5.74, 6) is 0.622. The van der Waals surface area contributed by atoms with Crippen molar-refractivity contribution in [3.8, 4) is 0 Å². The first kappa shape index (κ1) is 18.5. The molecule has 1 aromatic carbocycles. The van der Waals surface area contributed by atoms with Crippen LogP contribution in [-0.2, 0) is 16.1 Å². The van der Waals surface area contributed by atoms with E-state index in [1.54, 1.807) is 6.07 Å². The van der Waals surface area contributed by atoms with E-state index >= 15 is 0 Å². The van der Waals surface area contributed by atoms with Crippen molar-refractivity contribution < 1.29 is 9.53 Å². The molecule has 7 heteroatoms. The second-order valence-electron chi connectivity index (χ2n) is 7.12. The Kier molecular flexibility index (Phi) is 5.38. The fourth-order valence-corrected chi connectivity index (χ4v) is 3.39. The number of benzene rings is 1. The number of nitrogens with zero attached hydrogens (tertiary/aromatic N) is 3. The van der Waals surface area contributed by atoms with Gasteiger partial charge in [-0.15, -0.1) is 0 Å². The van der Waals surface area contributed by atoms with Crippen LogP contribution in [0.25, 0.3) is 10.9 Å². The fourth-order valence-electron chi connectivity index (χ4n) is 3.39. The van der Waals surface area contributed by atoms with Crippen LogP contribution >= 0.6 is 0 Å². The van der Waals surface area contributed by atoms with Gasteiger partial charge in [-0.25, -0.2) is 4.98 Å². The maximum Gasteiger partial charge on any atom is 0.258 e. The summed E-state index contributed by atoms with van der Waals surface area (Å²) >= 11 is 0. The lowest BCUT2D eigenvalue weighted by molar-refractivity contribution is -0.148. The lowest BCUT2D eigenvalue weighted by atomic mass is 10.2. The lowest BCUT2D eigenvalue weighted by Crippen LogP contribution is -2.53. The fraction of sp³-hybridized carbons (Fsp3) is 0.526. The highest BCUT2D eigenvalue weighted by Gasteiger charge is 2.30. The number of hydrogen-bond acceptors (Lipinski definition) is 5. The molecule has 0 unspecified atom stereocenters. The molecule has 3 rings (SSSR count). The van der Waals surface area contributed by atoms with Crippen molar-refractivity contribution >= 4 is 16.8 Å². The van der Waals surface area contributed by atoms with Gasteiger partial charge in [0.15, 0.2) is 0 Å². The summed E-state index contributed by atoms with van der Waals surface area (Å²) in [6.45, 7) is 7.44. The molecule has 7 nitrogen and oxygen atoms in total. The van der Waals surface area contributed by atoms with Crippen LogP contribution in [0.15, 0.2) is 29.1 Å². The number of carbonyl (C=O) groups is 1. The molecule has 1 saturated heterocycles. The molecule has 2 aromatic rings. The Hall–Kier alpha value is -2.25. The van der Waals surface area contributed by atoms with Gasteiger partial charge in [-0.05, 0) is 40.0 Å². The van der Waals surface area contributed by atoms with Crippen LogP contribution < -0.4 is 5.56 Å². The molecule has 2 heterocycles. The number of aromatic nitrogens is 2. The average Bonchev–Trinajstić information content (AvgIpc) is 2.59. The quantitative estimate of drug-likeness (QED) is 0.893. The Morgan fingerprint density at radius 3 is 2.69 bits per heavy atom. The second kappa shape index (κ2) is 7.55. The minimum atomic E-state index is -0.315. The minimum Gasteiger partial charge on any atom is -0.372 e. The Morgan fingerprint density at radius 1 is 1.35 bits per heavy atom. The molecule has 26 heavy (non-hydrogen) atoms. The van der Waals surface area contributed by atoms with Gasteiger partial charge in [-0.1, -0.05) is 12.1 Å². The Balaban J connectivity index is 1.72.